The zero-order valence-corrected chi connectivity index (χ0v) is 6.81. The molecule has 0 aliphatic rings. The first kappa shape index (κ1) is 9.47. The summed E-state index contributed by atoms with van der Waals surface area (Å²) in [4.78, 5) is 10.9. The first-order valence-corrected chi connectivity index (χ1v) is 3.79. The van der Waals surface area contributed by atoms with E-state index in [-0.39, 0.29) is 5.91 Å². The van der Waals surface area contributed by atoms with Crippen LogP contribution in [0.4, 0.5) is 0 Å². The second kappa shape index (κ2) is 5.27. The molecule has 0 bridgehead atoms. The van der Waals surface area contributed by atoms with Crippen LogP contribution in [-0.4, -0.2) is 11.9 Å². The van der Waals surface area contributed by atoms with Crippen LogP contribution in [0.2, 0.25) is 0 Å². The predicted molar refractivity (Wildman–Crippen MR) is 42.5 cm³/mol. The molecule has 59 valence electrons. The van der Waals surface area contributed by atoms with E-state index in [2.05, 4.69) is 19.2 Å². The number of rotatable bonds is 4. The molecule has 1 amide bonds. The minimum absolute atomic E-state index is 0.115. The summed E-state index contributed by atoms with van der Waals surface area (Å²) in [6, 6.07) is 0.305. The molecule has 10 heavy (non-hydrogen) atoms. The van der Waals surface area contributed by atoms with E-state index in [0.717, 1.165) is 6.42 Å². The number of hydrogen-bond donors (Lipinski definition) is 1. The topological polar surface area (TPSA) is 29.1 Å². The van der Waals surface area contributed by atoms with Crippen LogP contribution in [0.15, 0.2) is 0 Å². The van der Waals surface area contributed by atoms with Crippen molar-refractivity contribution in [1.29, 1.82) is 0 Å². The summed E-state index contributed by atoms with van der Waals surface area (Å²) >= 11 is 0. The van der Waals surface area contributed by atoms with Gasteiger partial charge in [0, 0.05) is 12.5 Å². The minimum atomic E-state index is 0.115. The number of hydrogen-bond acceptors (Lipinski definition) is 1. The van der Waals surface area contributed by atoms with Gasteiger partial charge in [-0.25, -0.2) is 0 Å². The zero-order valence-electron chi connectivity index (χ0n) is 6.81. The third kappa shape index (κ3) is 4.36. The second-order valence-electron chi connectivity index (χ2n) is 2.48. The van der Waals surface area contributed by atoms with E-state index in [4.69, 9.17) is 0 Å². The number of nitrogens with one attached hydrogen (secondary N) is 1. The van der Waals surface area contributed by atoms with Crippen LogP contribution in [0.3, 0.4) is 0 Å². The smallest absolute Gasteiger partial charge is 0.220 e. The fourth-order valence-electron chi connectivity index (χ4n) is 0.610. The molecule has 1 unspecified atom stereocenters. The van der Waals surface area contributed by atoms with Crippen molar-refractivity contribution < 1.29 is 4.79 Å². The Balaban J connectivity index is 3.37. The minimum Gasteiger partial charge on any atom is -0.354 e. The van der Waals surface area contributed by atoms with Crippen molar-refractivity contribution in [2.24, 2.45) is 0 Å². The molecule has 0 fully saturated rings. The summed E-state index contributed by atoms with van der Waals surface area (Å²) in [5.74, 6) is 0.115. The van der Waals surface area contributed by atoms with Crippen LogP contribution in [0.25, 0.3) is 0 Å². The summed E-state index contributed by atoms with van der Waals surface area (Å²) in [5.41, 5.74) is 0. The molecular weight excluding hydrogens is 126 g/mol. The fraction of sp³-hybridized carbons (Fsp3) is 0.750. The maximum absolute atomic E-state index is 10.9. The van der Waals surface area contributed by atoms with Gasteiger partial charge in [-0.3, -0.25) is 4.79 Å². The Morgan fingerprint density at radius 2 is 2.30 bits per heavy atom. The lowest BCUT2D eigenvalue weighted by molar-refractivity contribution is -0.121. The molecule has 0 heterocycles. The highest BCUT2D eigenvalue weighted by molar-refractivity contribution is 5.76. The molecule has 1 N–H and O–H groups in total. The fourth-order valence-corrected chi connectivity index (χ4v) is 0.610. The normalized spacial score (nSPS) is 12.7. The molecule has 0 aromatic heterocycles. The van der Waals surface area contributed by atoms with Crippen LogP contribution in [0.1, 0.15) is 33.1 Å². The summed E-state index contributed by atoms with van der Waals surface area (Å²) in [7, 11) is 0. The maximum Gasteiger partial charge on any atom is 0.220 e. The molecule has 2 heteroatoms. The molecule has 1 radical (unpaired) electrons. The Labute approximate surface area is 63.0 Å². The first-order valence-electron chi connectivity index (χ1n) is 3.79. The first-order chi connectivity index (χ1) is 4.70. The number of carbonyl (C=O) groups excluding carboxylic acids is 1. The molecule has 1 atom stereocenters. The molecular formula is C8H16NO. The van der Waals surface area contributed by atoms with Gasteiger partial charge in [0.25, 0.3) is 0 Å². The van der Waals surface area contributed by atoms with Crippen LogP contribution in [0, 0.1) is 6.92 Å². The summed E-state index contributed by atoms with van der Waals surface area (Å²) in [6.45, 7) is 7.65. The maximum atomic E-state index is 10.9. The molecule has 0 aliphatic carbocycles. The van der Waals surface area contributed by atoms with Gasteiger partial charge < -0.3 is 5.32 Å². The lowest BCUT2D eigenvalue weighted by atomic mass is 10.2. The SMILES string of the molecule is [CH2]CCC(=O)NC(C)CC. The van der Waals surface area contributed by atoms with Crippen LogP contribution < -0.4 is 5.32 Å². The molecule has 0 saturated heterocycles. The number of amides is 1. The van der Waals surface area contributed by atoms with Crippen molar-refractivity contribution >= 4 is 5.91 Å². The van der Waals surface area contributed by atoms with E-state index < -0.39 is 0 Å². The Kier molecular flexibility index (Phi) is 4.99. The average Bonchev–Trinajstić information content (AvgIpc) is 1.88. The third-order valence-corrected chi connectivity index (χ3v) is 1.42. The van der Waals surface area contributed by atoms with E-state index in [1.807, 2.05) is 6.92 Å². The van der Waals surface area contributed by atoms with Gasteiger partial charge >= 0.3 is 0 Å². The van der Waals surface area contributed by atoms with Gasteiger partial charge in [0.15, 0.2) is 0 Å². The zero-order chi connectivity index (χ0) is 7.98. The largest absolute Gasteiger partial charge is 0.354 e. The van der Waals surface area contributed by atoms with E-state index in [0.29, 0.717) is 18.9 Å². The van der Waals surface area contributed by atoms with E-state index in [1.165, 1.54) is 0 Å². The predicted octanol–water partition coefficient (Wildman–Crippen LogP) is 1.52. The van der Waals surface area contributed by atoms with Crippen LogP contribution in [-0.2, 0) is 4.79 Å². The molecule has 0 saturated carbocycles. The van der Waals surface area contributed by atoms with Crippen molar-refractivity contribution in [1.82, 2.24) is 5.32 Å². The molecule has 0 aliphatic heterocycles. The Bertz CT molecular complexity index is 101. The van der Waals surface area contributed by atoms with Crippen molar-refractivity contribution in [3.8, 4) is 0 Å². The van der Waals surface area contributed by atoms with Crippen molar-refractivity contribution in [3.05, 3.63) is 6.92 Å². The Hall–Kier alpha value is -0.530. The van der Waals surface area contributed by atoms with Gasteiger partial charge in [-0.2, -0.15) is 0 Å². The van der Waals surface area contributed by atoms with Crippen molar-refractivity contribution in [2.45, 2.75) is 39.2 Å². The molecule has 2 nitrogen and oxygen atoms in total. The van der Waals surface area contributed by atoms with Gasteiger partial charge in [0.05, 0.1) is 0 Å². The van der Waals surface area contributed by atoms with Crippen molar-refractivity contribution in [2.75, 3.05) is 0 Å². The monoisotopic (exact) mass is 142 g/mol. The standard InChI is InChI=1S/C8H16NO/c1-4-6-8(10)9-7(3)5-2/h7H,1,4-6H2,2-3H3,(H,9,10). The Morgan fingerprint density at radius 1 is 1.70 bits per heavy atom. The van der Waals surface area contributed by atoms with E-state index in [1.54, 1.807) is 0 Å². The summed E-state index contributed by atoms with van der Waals surface area (Å²) < 4.78 is 0. The number of carbonyl (C=O) groups is 1. The van der Waals surface area contributed by atoms with Gasteiger partial charge in [-0.15, -0.1) is 0 Å². The quantitative estimate of drug-likeness (QED) is 0.633. The van der Waals surface area contributed by atoms with Gasteiger partial charge in [-0.05, 0) is 19.8 Å². The third-order valence-electron chi connectivity index (χ3n) is 1.42. The van der Waals surface area contributed by atoms with Gasteiger partial charge in [0.2, 0.25) is 5.91 Å². The highest BCUT2D eigenvalue weighted by atomic mass is 16.1. The second-order valence-corrected chi connectivity index (χ2v) is 2.48. The van der Waals surface area contributed by atoms with E-state index >= 15 is 0 Å². The highest BCUT2D eigenvalue weighted by Gasteiger charge is 2.02. The van der Waals surface area contributed by atoms with Gasteiger partial charge in [0.1, 0.15) is 0 Å². The average molecular weight is 142 g/mol. The van der Waals surface area contributed by atoms with Crippen LogP contribution >= 0.6 is 0 Å². The van der Waals surface area contributed by atoms with Gasteiger partial charge in [-0.1, -0.05) is 13.8 Å². The summed E-state index contributed by atoms with van der Waals surface area (Å²) in [6.07, 6.45) is 2.22. The Morgan fingerprint density at radius 3 is 2.70 bits per heavy atom. The molecule has 0 aromatic rings. The highest BCUT2D eigenvalue weighted by Crippen LogP contribution is 1.91. The molecule has 0 spiro atoms. The van der Waals surface area contributed by atoms with E-state index in [9.17, 15) is 4.79 Å². The molecule has 0 aromatic carbocycles. The van der Waals surface area contributed by atoms with Crippen molar-refractivity contribution in [3.63, 3.8) is 0 Å². The van der Waals surface area contributed by atoms with Crippen LogP contribution in [0.5, 0.6) is 0 Å². The summed E-state index contributed by atoms with van der Waals surface area (Å²) in [5, 5.41) is 2.85. The lowest BCUT2D eigenvalue weighted by Crippen LogP contribution is -2.31. The lowest BCUT2D eigenvalue weighted by Gasteiger charge is -2.09. The molecule has 0 rings (SSSR count).